The predicted molar refractivity (Wildman–Crippen MR) is 76.2 cm³/mol. The van der Waals surface area contributed by atoms with Gasteiger partial charge in [-0.1, -0.05) is 6.92 Å². The summed E-state index contributed by atoms with van der Waals surface area (Å²) in [5.74, 6) is 0. The zero-order valence-corrected chi connectivity index (χ0v) is 12.5. The largest absolute Gasteiger partial charge is 0.309 e. The normalized spacial score (nSPS) is 12.0. The Morgan fingerprint density at radius 3 is 1.59 bits per heavy atom. The summed E-state index contributed by atoms with van der Waals surface area (Å²) in [6.45, 7) is 7.92. The Morgan fingerprint density at radius 2 is 1.24 bits per heavy atom. The van der Waals surface area contributed by atoms with Gasteiger partial charge in [-0.15, -0.1) is 0 Å². The Bertz CT molecular complexity index is 145. The summed E-state index contributed by atoms with van der Waals surface area (Å²) in [6.07, 6.45) is 3.65. The van der Waals surface area contributed by atoms with Crippen molar-refractivity contribution in [3.63, 3.8) is 0 Å². The van der Waals surface area contributed by atoms with Crippen molar-refractivity contribution in [2.24, 2.45) is 0 Å². The summed E-state index contributed by atoms with van der Waals surface area (Å²) in [4.78, 5) is 4.50. The zero-order valence-electron chi connectivity index (χ0n) is 12.5. The molecule has 0 aliphatic carbocycles. The fourth-order valence-electron chi connectivity index (χ4n) is 1.70. The van der Waals surface area contributed by atoms with Crippen molar-refractivity contribution in [2.75, 3.05) is 60.9 Å². The second-order valence-electron chi connectivity index (χ2n) is 5.21. The molecule has 0 fully saturated rings. The van der Waals surface area contributed by atoms with Crippen LogP contribution in [0.1, 0.15) is 26.2 Å². The standard InChI is InChI=1S/C13H32N4/c1-6-9-14-17(12-7-10-15(2)3)13-8-11-16(4)5/h14H,6-13H2,1-5H3. The molecule has 0 aliphatic rings. The maximum atomic E-state index is 3.51. The SMILES string of the molecule is CCCNN(CCCN(C)C)CCCN(C)C. The van der Waals surface area contributed by atoms with Crippen LogP contribution in [0, 0.1) is 0 Å². The third kappa shape index (κ3) is 12.1. The number of rotatable bonds is 11. The Kier molecular flexibility index (Phi) is 10.9. The second kappa shape index (κ2) is 11.0. The zero-order chi connectivity index (χ0) is 13.1. The van der Waals surface area contributed by atoms with Crippen LogP contribution < -0.4 is 5.43 Å². The van der Waals surface area contributed by atoms with E-state index in [4.69, 9.17) is 0 Å². The van der Waals surface area contributed by atoms with E-state index in [1.165, 1.54) is 19.3 Å². The van der Waals surface area contributed by atoms with Gasteiger partial charge in [-0.05, 0) is 60.5 Å². The van der Waals surface area contributed by atoms with Gasteiger partial charge in [-0.2, -0.15) is 0 Å². The van der Waals surface area contributed by atoms with Gasteiger partial charge < -0.3 is 9.80 Å². The summed E-state index contributed by atoms with van der Waals surface area (Å²) >= 11 is 0. The molecule has 0 aromatic rings. The molecule has 4 nitrogen and oxygen atoms in total. The summed E-state index contributed by atoms with van der Waals surface area (Å²) in [5.41, 5.74) is 3.51. The fraction of sp³-hybridized carbons (Fsp3) is 1.00. The first-order valence-electron chi connectivity index (χ1n) is 6.84. The molecular formula is C13H32N4. The first-order valence-corrected chi connectivity index (χ1v) is 6.84. The van der Waals surface area contributed by atoms with Gasteiger partial charge in [-0.25, -0.2) is 5.01 Å². The third-order valence-electron chi connectivity index (χ3n) is 2.65. The molecule has 0 bridgehead atoms. The molecule has 0 unspecified atom stereocenters. The van der Waals surface area contributed by atoms with Crippen LogP contribution in [0.3, 0.4) is 0 Å². The monoisotopic (exact) mass is 244 g/mol. The highest BCUT2D eigenvalue weighted by Crippen LogP contribution is 1.93. The summed E-state index contributed by atoms with van der Waals surface area (Å²) in [6, 6.07) is 0. The quantitative estimate of drug-likeness (QED) is 0.550. The Morgan fingerprint density at radius 1 is 0.765 bits per heavy atom. The van der Waals surface area contributed by atoms with Crippen LogP contribution in [0.5, 0.6) is 0 Å². The highest BCUT2D eigenvalue weighted by Gasteiger charge is 2.04. The van der Waals surface area contributed by atoms with Crippen LogP contribution in [0.25, 0.3) is 0 Å². The van der Waals surface area contributed by atoms with E-state index in [1.807, 2.05) is 0 Å². The van der Waals surface area contributed by atoms with Gasteiger partial charge in [0.25, 0.3) is 0 Å². The van der Waals surface area contributed by atoms with Gasteiger partial charge in [0.2, 0.25) is 0 Å². The first-order chi connectivity index (χ1) is 8.06. The molecule has 0 amide bonds. The number of hydrogen-bond donors (Lipinski definition) is 1. The van der Waals surface area contributed by atoms with Crippen molar-refractivity contribution in [1.82, 2.24) is 20.2 Å². The van der Waals surface area contributed by atoms with E-state index < -0.39 is 0 Å². The predicted octanol–water partition coefficient (Wildman–Crippen LogP) is 1.11. The summed E-state index contributed by atoms with van der Waals surface area (Å²) < 4.78 is 0. The minimum absolute atomic E-state index is 1.09. The smallest absolute Gasteiger partial charge is 0.0143 e. The number of hydrogen-bond acceptors (Lipinski definition) is 4. The number of nitrogens with one attached hydrogen (secondary N) is 1. The van der Waals surface area contributed by atoms with Crippen molar-refractivity contribution in [1.29, 1.82) is 0 Å². The van der Waals surface area contributed by atoms with Gasteiger partial charge >= 0.3 is 0 Å². The van der Waals surface area contributed by atoms with Crippen LogP contribution in [0.2, 0.25) is 0 Å². The maximum absolute atomic E-state index is 3.51. The molecule has 17 heavy (non-hydrogen) atoms. The minimum atomic E-state index is 1.09. The molecule has 104 valence electrons. The lowest BCUT2D eigenvalue weighted by atomic mass is 10.3. The van der Waals surface area contributed by atoms with Gasteiger partial charge in [0, 0.05) is 19.6 Å². The van der Waals surface area contributed by atoms with Crippen LogP contribution in [-0.2, 0) is 0 Å². The van der Waals surface area contributed by atoms with Crippen LogP contribution >= 0.6 is 0 Å². The first kappa shape index (κ1) is 16.8. The molecule has 0 rings (SSSR count). The Hall–Kier alpha value is -0.160. The van der Waals surface area contributed by atoms with E-state index in [-0.39, 0.29) is 0 Å². The van der Waals surface area contributed by atoms with Gasteiger partial charge in [0.15, 0.2) is 0 Å². The number of hydrazine groups is 1. The van der Waals surface area contributed by atoms with E-state index in [1.54, 1.807) is 0 Å². The van der Waals surface area contributed by atoms with Crippen molar-refractivity contribution < 1.29 is 0 Å². The molecular weight excluding hydrogens is 212 g/mol. The van der Waals surface area contributed by atoms with Crippen LogP contribution in [0.15, 0.2) is 0 Å². The van der Waals surface area contributed by atoms with Crippen molar-refractivity contribution >= 4 is 0 Å². The van der Waals surface area contributed by atoms with Crippen molar-refractivity contribution in [3.8, 4) is 0 Å². The molecule has 0 atom stereocenters. The molecule has 0 saturated heterocycles. The van der Waals surface area contributed by atoms with E-state index in [0.29, 0.717) is 0 Å². The van der Waals surface area contributed by atoms with E-state index >= 15 is 0 Å². The fourth-order valence-corrected chi connectivity index (χ4v) is 1.70. The third-order valence-corrected chi connectivity index (χ3v) is 2.65. The van der Waals surface area contributed by atoms with Crippen molar-refractivity contribution in [3.05, 3.63) is 0 Å². The molecule has 4 heteroatoms. The molecule has 0 heterocycles. The van der Waals surface area contributed by atoms with E-state index in [2.05, 4.69) is 55.3 Å². The Balaban J connectivity index is 3.71. The van der Waals surface area contributed by atoms with Crippen LogP contribution in [-0.4, -0.2) is 75.7 Å². The van der Waals surface area contributed by atoms with Gasteiger partial charge in [0.05, 0.1) is 0 Å². The topological polar surface area (TPSA) is 21.8 Å². The minimum Gasteiger partial charge on any atom is -0.309 e. The molecule has 0 radical (unpaired) electrons. The molecule has 0 spiro atoms. The molecule has 0 aromatic carbocycles. The van der Waals surface area contributed by atoms with Gasteiger partial charge in [0.1, 0.15) is 0 Å². The summed E-state index contributed by atoms with van der Waals surface area (Å²) in [7, 11) is 8.54. The number of nitrogens with zero attached hydrogens (tertiary/aromatic N) is 3. The lowest BCUT2D eigenvalue weighted by molar-refractivity contribution is 0.170. The maximum Gasteiger partial charge on any atom is 0.0143 e. The Labute approximate surface area is 108 Å². The second-order valence-corrected chi connectivity index (χ2v) is 5.21. The van der Waals surface area contributed by atoms with E-state index in [9.17, 15) is 0 Å². The van der Waals surface area contributed by atoms with E-state index in [0.717, 1.165) is 32.7 Å². The van der Waals surface area contributed by atoms with Gasteiger partial charge in [-0.3, -0.25) is 5.43 Å². The van der Waals surface area contributed by atoms with Crippen LogP contribution in [0.4, 0.5) is 0 Å². The molecule has 0 saturated carbocycles. The molecule has 1 N–H and O–H groups in total. The highest BCUT2D eigenvalue weighted by molar-refractivity contribution is 4.57. The molecule has 0 aliphatic heterocycles. The average molecular weight is 244 g/mol. The average Bonchev–Trinajstić information content (AvgIpc) is 2.24. The summed E-state index contributed by atoms with van der Waals surface area (Å²) in [5, 5.41) is 2.39. The molecule has 0 aromatic heterocycles. The highest BCUT2D eigenvalue weighted by atomic mass is 15.5. The van der Waals surface area contributed by atoms with Crippen molar-refractivity contribution in [2.45, 2.75) is 26.2 Å². The lowest BCUT2D eigenvalue weighted by Crippen LogP contribution is -2.41. The lowest BCUT2D eigenvalue weighted by Gasteiger charge is -2.24.